The van der Waals surface area contributed by atoms with Crippen molar-refractivity contribution in [3.8, 4) is 0 Å². The Labute approximate surface area is 87.9 Å². The second kappa shape index (κ2) is 4.41. The molecule has 0 aromatic heterocycles. The van der Waals surface area contributed by atoms with Gasteiger partial charge in [0, 0.05) is 0 Å². The Kier molecular flexibility index (Phi) is 3.43. The van der Waals surface area contributed by atoms with E-state index in [4.69, 9.17) is 9.88 Å². The molecule has 0 heterocycles. The molecule has 5 nitrogen and oxygen atoms in total. The maximum Gasteiger partial charge on any atom is 0.339 e. The lowest BCUT2D eigenvalue weighted by Gasteiger charge is -2.05. The number of primary sulfonamides is 1. The summed E-state index contributed by atoms with van der Waals surface area (Å²) in [6.45, 7) is 1.81. The Morgan fingerprint density at radius 1 is 1.40 bits per heavy atom. The predicted octanol–water partition coefficient (Wildman–Crippen LogP) is 0.511. The van der Waals surface area contributed by atoms with E-state index >= 15 is 0 Å². The largest absolute Gasteiger partial charge is 0.462 e. The summed E-state index contributed by atoms with van der Waals surface area (Å²) in [6.07, 6.45) is 0. The molecule has 0 unspecified atom stereocenters. The maximum absolute atomic E-state index is 11.4. The molecule has 0 atom stereocenters. The second-order valence-corrected chi connectivity index (χ2v) is 4.29. The van der Waals surface area contributed by atoms with E-state index in [0.29, 0.717) is 0 Å². The highest BCUT2D eigenvalue weighted by Crippen LogP contribution is 2.14. The zero-order valence-electron chi connectivity index (χ0n) is 8.14. The van der Waals surface area contributed by atoms with Gasteiger partial charge in [-0.05, 0) is 19.1 Å². The fraction of sp³-hybridized carbons (Fsp3) is 0.222. The summed E-state index contributed by atoms with van der Waals surface area (Å²) in [4.78, 5) is 11.2. The van der Waals surface area contributed by atoms with Gasteiger partial charge < -0.3 is 4.74 Å². The number of benzene rings is 1. The lowest BCUT2D eigenvalue weighted by molar-refractivity contribution is 0.0522. The van der Waals surface area contributed by atoms with E-state index in [9.17, 15) is 13.2 Å². The standard InChI is InChI=1S/C9H11NO4S/c1-2-14-9(11)7-5-3-4-6-8(7)15(10,12)13/h3-6H,2H2,1H3,(H2,10,12,13). The van der Waals surface area contributed by atoms with Gasteiger partial charge in [0.1, 0.15) is 0 Å². The van der Waals surface area contributed by atoms with Crippen LogP contribution in [0.25, 0.3) is 0 Å². The Morgan fingerprint density at radius 2 is 2.00 bits per heavy atom. The van der Waals surface area contributed by atoms with Crippen LogP contribution in [0.3, 0.4) is 0 Å². The first-order valence-corrected chi connectivity index (χ1v) is 5.80. The first-order valence-electron chi connectivity index (χ1n) is 4.25. The van der Waals surface area contributed by atoms with Gasteiger partial charge in [-0.25, -0.2) is 18.4 Å². The van der Waals surface area contributed by atoms with Crippen molar-refractivity contribution in [2.45, 2.75) is 11.8 Å². The smallest absolute Gasteiger partial charge is 0.339 e. The molecule has 0 bridgehead atoms. The molecule has 0 spiro atoms. The van der Waals surface area contributed by atoms with Gasteiger partial charge in [-0.15, -0.1) is 0 Å². The van der Waals surface area contributed by atoms with Crippen molar-refractivity contribution in [2.24, 2.45) is 5.14 Å². The number of carbonyl (C=O) groups excluding carboxylic acids is 1. The molecule has 0 fully saturated rings. The van der Waals surface area contributed by atoms with E-state index in [-0.39, 0.29) is 17.1 Å². The highest BCUT2D eigenvalue weighted by atomic mass is 32.2. The molecule has 0 aliphatic rings. The van der Waals surface area contributed by atoms with E-state index < -0.39 is 16.0 Å². The minimum atomic E-state index is -3.90. The number of rotatable bonds is 3. The summed E-state index contributed by atoms with van der Waals surface area (Å²) in [5.41, 5.74) is -0.0400. The third-order valence-corrected chi connectivity index (χ3v) is 2.66. The molecule has 0 aliphatic heterocycles. The number of carbonyl (C=O) groups is 1. The van der Waals surface area contributed by atoms with Crippen LogP contribution in [0.15, 0.2) is 29.2 Å². The van der Waals surface area contributed by atoms with E-state index in [1.54, 1.807) is 13.0 Å². The zero-order chi connectivity index (χ0) is 11.5. The van der Waals surface area contributed by atoms with Crippen LogP contribution in [0.5, 0.6) is 0 Å². The summed E-state index contributed by atoms with van der Waals surface area (Å²) < 4.78 is 27.0. The van der Waals surface area contributed by atoms with Crippen molar-refractivity contribution in [2.75, 3.05) is 6.61 Å². The molecule has 82 valence electrons. The average molecular weight is 229 g/mol. The van der Waals surface area contributed by atoms with Crippen LogP contribution in [0.2, 0.25) is 0 Å². The summed E-state index contributed by atoms with van der Waals surface area (Å²) >= 11 is 0. The van der Waals surface area contributed by atoms with Gasteiger partial charge in [-0.3, -0.25) is 0 Å². The topological polar surface area (TPSA) is 86.5 Å². The lowest BCUT2D eigenvalue weighted by atomic mass is 10.2. The highest BCUT2D eigenvalue weighted by Gasteiger charge is 2.18. The van der Waals surface area contributed by atoms with Crippen molar-refractivity contribution < 1.29 is 17.9 Å². The van der Waals surface area contributed by atoms with Crippen LogP contribution in [-0.2, 0) is 14.8 Å². The van der Waals surface area contributed by atoms with E-state index in [1.165, 1.54) is 18.2 Å². The molecule has 1 aromatic carbocycles. The highest BCUT2D eigenvalue weighted by molar-refractivity contribution is 7.89. The molecule has 0 radical (unpaired) electrons. The van der Waals surface area contributed by atoms with Gasteiger partial charge in [-0.1, -0.05) is 12.1 Å². The number of nitrogens with two attached hydrogens (primary N) is 1. The summed E-state index contributed by atoms with van der Waals surface area (Å²) in [5, 5.41) is 4.96. The maximum atomic E-state index is 11.4. The monoisotopic (exact) mass is 229 g/mol. The van der Waals surface area contributed by atoms with Gasteiger partial charge in [0.15, 0.2) is 0 Å². The first kappa shape index (κ1) is 11.7. The molecule has 15 heavy (non-hydrogen) atoms. The Hall–Kier alpha value is -1.40. The van der Waals surface area contributed by atoms with E-state index in [1.807, 2.05) is 0 Å². The van der Waals surface area contributed by atoms with Gasteiger partial charge in [-0.2, -0.15) is 0 Å². The van der Waals surface area contributed by atoms with Gasteiger partial charge in [0.25, 0.3) is 0 Å². The minimum absolute atomic E-state index is 0.0400. The fourth-order valence-corrected chi connectivity index (χ4v) is 1.82. The number of ether oxygens (including phenoxy) is 1. The van der Waals surface area contributed by atoms with Crippen LogP contribution < -0.4 is 5.14 Å². The number of esters is 1. The normalized spacial score (nSPS) is 11.1. The average Bonchev–Trinajstić information content (AvgIpc) is 2.17. The zero-order valence-corrected chi connectivity index (χ0v) is 8.95. The number of sulfonamides is 1. The SMILES string of the molecule is CCOC(=O)c1ccccc1S(N)(=O)=O. The van der Waals surface area contributed by atoms with E-state index in [2.05, 4.69) is 0 Å². The summed E-state index contributed by atoms with van der Waals surface area (Å²) in [7, 11) is -3.90. The molecule has 1 aromatic rings. The summed E-state index contributed by atoms with van der Waals surface area (Å²) in [6, 6.07) is 5.66. The molecule has 0 aliphatic carbocycles. The van der Waals surface area contributed by atoms with Crippen molar-refractivity contribution in [3.05, 3.63) is 29.8 Å². The summed E-state index contributed by atoms with van der Waals surface area (Å²) in [5.74, 6) is -0.692. The molecule has 2 N–H and O–H groups in total. The van der Waals surface area contributed by atoms with Crippen LogP contribution in [0.4, 0.5) is 0 Å². The lowest BCUT2D eigenvalue weighted by Crippen LogP contribution is -2.17. The third kappa shape index (κ3) is 2.77. The predicted molar refractivity (Wildman–Crippen MR) is 53.8 cm³/mol. The van der Waals surface area contributed by atoms with Crippen LogP contribution in [-0.4, -0.2) is 21.0 Å². The molecule has 6 heteroatoms. The molecule has 1 rings (SSSR count). The Morgan fingerprint density at radius 3 is 2.53 bits per heavy atom. The van der Waals surface area contributed by atoms with Crippen molar-refractivity contribution in [3.63, 3.8) is 0 Å². The first-order chi connectivity index (χ1) is 6.96. The van der Waals surface area contributed by atoms with Crippen LogP contribution in [0.1, 0.15) is 17.3 Å². The van der Waals surface area contributed by atoms with Crippen LogP contribution >= 0.6 is 0 Å². The molecule has 0 saturated heterocycles. The minimum Gasteiger partial charge on any atom is -0.462 e. The molecular weight excluding hydrogens is 218 g/mol. The van der Waals surface area contributed by atoms with Crippen LogP contribution in [0, 0.1) is 0 Å². The van der Waals surface area contributed by atoms with Crippen molar-refractivity contribution in [1.29, 1.82) is 0 Å². The quantitative estimate of drug-likeness (QED) is 0.765. The van der Waals surface area contributed by atoms with Crippen molar-refractivity contribution >= 4 is 16.0 Å². The Bertz CT molecular complexity index is 467. The second-order valence-electron chi connectivity index (χ2n) is 2.76. The molecule has 0 amide bonds. The van der Waals surface area contributed by atoms with Gasteiger partial charge in [0.2, 0.25) is 10.0 Å². The molecular formula is C9H11NO4S. The van der Waals surface area contributed by atoms with E-state index in [0.717, 1.165) is 0 Å². The fourth-order valence-electron chi connectivity index (χ4n) is 1.09. The third-order valence-electron chi connectivity index (χ3n) is 1.69. The van der Waals surface area contributed by atoms with Gasteiger partial charge >= 0.3 is 5.97 Å². The van der Waals surface area contributed by atoms with Crippen molar-refractivity contribution in [1.82, 2.24) is 0 Å². The number of hydrogen-bond acceptors (Lipinski definition) is 4. The Balaban J connectivity index is 3.25. The van der Waals surface area contributed by atoms with Gasteiger partial charge in [0.05, 0.1) is 17.1 Å². The number of hydrogen-bond donors (Lipinski definition) is 1. The molecule has 0 saturated carbocycles.